The van der Waals surface area contributed by atoms with Gasteiger partial charge in [-0.05, 0) is 55.4 Å². The minimum atomic E-state index is -1.17. The summed E-state index contributed by atoms with van der Waals surface area (Å²) in [6.45, 7) is 2.18. The average Bonchev–Trinajstić information content (AvgIpc) is 3.46. The number of aromatic nitrogens is 4. The van der Waals surface area contributed by atoms with E-state index in [1.54, 1.807) is 22.8 Å². The molecule has 3 aromatic heterocycles. The molecule has 1 fully saturated rings. The molecule has 0 radical (unpaired) electrons. The Hall–Kier alpha value is -4.14. The van der Waals surface area contributed by atoms with Gasteiger partial charge in [-0.15, -0.1) is 0 Å². The number of anilines is 1. The number of benzene rings is 1. The third kappa shape index (κ3) is 3.14. The molecular weight excluding hydrogens is 449 g/mol. The quantitative estimate of drug-likeness (QED) is 0.351. The largest absolute Gasteiger partial charge is 0.477 e. The number of H-pyrrole nitrogens is 2. The van der Waals surface area contributed by atoms with Crippen LogP contribution in [0.15, 0.2) is 40.8 Å². The van der Waals surface area contributed by atoms with E-state index < -0.39 is 11.8 Å². The Kier molecular flexibility index (Phi) is 4.54. The molecule has 2 aliphatic rings. The van der Waals surface area contributed by atoms with Crippen LogP contribution in [0.1, 0.15) is 53.5 Å². The lowest BCUT2D eigenvalue weighted by Crippen LogP contribution is -2.24. The first kappa shape index (κ1) is 21.4. The number of hydrogen-bond acceptors (Lipinski definition) is 4. The number of aromatic carboxylic acids is 1. The van der Waals surface area contributed by atoms with Gasteiger partial charge < -0.3 is 20.4 Å². The second-order valence-corrected chi connectivity index (χ2v) is 9.75. The highest BCUT2D eigenvalue weighted by atomic mass is 19.1. The fraction of sp³-hybridized carbons (Fsp3) is 0.269. The highest BCUT2D eigenvalue weighted by Gasteiger charge is 2.41. The minimum absolute atomic E-state index is 0.0135. The number of fused-ring (bicyclic) bond motifs is 3. The smallest absolute Gasteiger partial charge is 0.353 e. The number of hydrogen-bond donors (Lipinski definition) is 4. The van der Waals surface area contributed by atoms with Crippen LogP contribution in [0.25, 0.3) is 28.1 Å². The molecule has 0 saturated heterocycles. The predicted octanol–water partition coefficient (Wildman–Crippen LogP) is 4.32. The molecule has 1 saturated carbocycles. The summed E-state index contributed by atoms with van der Waals surface area (Å²) in [4.78, 5) is 28.1. The van der Waals surface area contributed by atoms with Crippen LogP contribution in [0.2, 0.25) is 0 Å². The van der Waals surface area contributed by atoms with E-state index in [9.17, 15) is 14.7 Å². The molecule has 9 heteroatoms. The van der Waals surface area contributed by atoms with Crippen molar-refractivity contribution in [2.24, 2.45) is 5.41 Å². The van der Waals surface area contributed by atoms with E-state index >= 15 is 4.39 Å². The summed E-state index contributed by atoms with van der Waals surface area (Å²) in [6, 6.07) is 6.24. The van der Waals surface area contributed by atoms with Gasteiger partial charge in [0.2, 0.25) is 0 Å². The molecule has 0 bridgehead atoms. The molecule has 8 nitrogen and oxygen atoms in total. The van der Waals surface area contributed by atoms with E-state index in [4.69, 9.17) is 5.73 Å². The van der Waals surface area contributed by atoms with Gasteiger partial charge in [-0.3, -0.25) is 9.89 Å². The third-order valence-corrected chi connectivity index (χ3v) is 7.62. The summed E-state index contributed by atoms with van der Waals surface area (Å²) in [6.07, 6.45) is 7.20. The van der Waals surface area contributed by atoms with Crippen LogP contribution in [0, 0.1) is 11.2 Å². The SMILES string of the molecule is CC12CCCC1=Cc1c(-c3ccc[nH]c3=O)c(C(=O)O)n(Cc3cc4c(N)n[nH]c4cc3F)c1C2. The van der Waals surface area contributed by atoms with Crippen molar-refractivity contribution in [3.63, 3.8) is 0 Å². The van der Waals surface area contributed by atoms with Crippen LogP contribution in [0.3, 0.4) is 0 Å². The molecule has 178 valence electrons. The van der Waals surface area contributed by atoms with Crippen LogP contribution in [-0.4, -0.2) is 30.8 Å². The summed E-state index contributed by atoms with van der Waals surface area (Å²) in [5.74, 6) is -1.41. The van der Waals surface area contributed by atoms with Gasteiger partial charge in [0.25, 0.3) is 5.56 Å². The Morgan fingerprint density at radius 3 is 2.97 bits per heavy atom. The van der Waals surface area contributed by atoms with Crippen LogP contribution < -0.4 is 11.3 Å². The zero-order valence-corrected chi connectivity index (χ0v) is 19.1. The molecule has 0 spiro atoms. The number of allylic oxidation sites excluding steroid dienone is 1. The number of carboxylic acids is 1. The maximum absolute atomic E-state index is 15.1. The number of carboxylic acid groups (broad SMARTS) is 1. The van der Waals surface area contributed by atoms with Crippen molar-refractivity contribution >= 4 is 28.8 Å². The second-order valence-electron chi connectivity index (χ2n) is 9.75. The Labute approximate surface area is 199 Å². The molecule has 35 heavy (non-hydrogen) atoms. The van der Waals surface area contributed by atoms with Crippen molar-refractivity contribution in [1.29, 1.82) is 0 Å². The van der Waals surface area contributed by atoms with Crippen molar-refractivity contribution in [1.82, 2.24) is 19.7 Å². The maximum atomic E-state index is 15.1. The Morgan fingerprint density at radius 2 is 2.20 bits per heavy atom. The van der Waals surface area contributed by atoms with Crippen LogP contribution in [0.5, 0.6) is 0 Å². The number of pyridine rings is 1. The van der Waals surface area contributed by atoms with Crippen LogP contribution in [-0.2, 0) is 13.0 Å². The molecule has 1 aromatic carbocycles. The number of aromatic amines is 2. The Bertz CT molecular complexity index is 1630. The highest BCUT2D eigenvalue weighted by molar-refractivity contribution is 5.99. The van der Waals surface area contributed by atoms with E-state index in [0.29, 0.717) is 28.5 Å². The lowest BCUT2D eigenvalue weighted by Gasteiger charge is -2.31. The summed E-state index contributed by atoms with van der Waals surface area (Å²) in [5, 5.41) is 17.6. The normalized spacial score (nSPS) is 19.0. The molecule has 0 amide bonds. The summed E-state index contributed by atoms with van der Waals surface area (Å²) < 4.78 is 16.8. The number of nitrogens with two attached hydrogens (primary N) is 1. The van der Waals surface area contributed by atoms with E-state index in [-0.39, 0.29) is 34.6 Å². The third-order valence-electron chi connectivity index (χ3n) is 7.62. The van der Waals surface area contributed by atoms with Crippen LogP contribution in [0.4, 0.5) is 10.2 Å². The van der Waals surface area contributed by atoms with E-state index in [2.05, 4.69) is 28.2 Å². The first-order valence-corrected chi connectivity index (χ1v) is 11.6. The molecule has 1 atom stereocenters. The number of nitrogen functional groups attached to an aromatic ring is 1. The van der Waals surface area contributed by atoms with Gasteiger partial charge in [-0.25, -0.2) is 9.18 Å². The molecule has 0 aliphatic heterocycles. The molecule has 5 N–H and O–H groups in total. The summed E-state index contributed by atoms with van der Waals surface area (Å²) in [5.41, 5.74) is 9.69. The summed E-state index contributed by atoms with van der Waals surface area (Å²) in [7, 11) is 0. The Balaban J connectivity index is 1.64. The molecule has 1 unspecified atom stereocenters. The number of halogens is 1. The molecule has 3 heterocycles. The van der Waals surface area contributed by atoms with Gasteiger partial charge in [-0.2, -0.15) is 5.10 Å². The Morgan fingerprint density at radius 1 is 1.37 bits per heavy atom. The van der Waals surface area contributed by atoms with Crippen molar-refractivity contribution < 1.29 is 14.3 Å². The van der Waals surface area contributed by atoms with Crippen LogP contribution >= 0.6 is 0 Å². The number of nitrogens with one attached hydrogen (secondary N) is 2. The average molecular weight is 474 g/mol. The maximum Gasteiger partial charge on any atom is 0.353 e. The van der Waals surface area contributed by atoms with Crippen molar-refractivity contribution in [3.8, 4) is 11.1 Å². The van der Waals surface area contributed by atoms with E-state index in [1.165, 1.54) is 17.8 Å². The van der Waals surface area contributed by atoms with E-state index in [0.717, 1.165) is 30.5 Å². The summed E-state index contributed by atoms with van der Waals surface area (Å²) >= 11 is 0. The van der Waals surface area contributed by atoms with Gasteiger partial charge in [0.1, 0.15) is 11.5 Å². The fourth-order valence-electron chi connectivity index (χ4n) is 5.84. The topological polar surface area (TPSA) is 130 Å². The van der Waals surface area contributed by atoms with Crippen molar-refractivity contribution in [2.45, 2.75) is 39.2 Å². The lowest BCUT2D eigenvalue weighted by molar-refractivity contribution is 0.0686. The highest BCUT2D eigenvalue weighted by Crippen LogP contribution is 2.51. The molecule has 2 aliphatic carbocycles. The predicted molar refractivity (Wildman–Crippen MR) is 131 cm³/mol. The van der Waals surface area contributed by atoms with Gasteiger partial charge in [0.05, 0.1) is 12.1 Å². The first-order chi connectivity index (χ1) is 16.8. The lowest BCUT2D eigenvalue weighted by atomic mass is 9.75. The standard InChI is InChI=1S/C26H24FN5O3/c1-26-6-2-4-14(26)9-17-20(11-26)32(12-13-8-16-19(10-18(13)27)30-31-23(16)28)22(25(34)35)21(17)15-5-3-7-29-24(15)33/h3,5,7-10H,2,4,6,11-12H2,1H3,(H,29,33)(H,34,35)(H3,28,30,31). The van der Waals surface area contributed by atoms with Crippen molar-refractivity contribution in [2.75, 3.05) is 5.73 Å². The number of carbonyl (C=O) groups is 1. The molecular formula is C26H24FN5O3. The van der Waals surface area contributed by atoms with Gasteiger partial charge in [0.15, 0.2) is 5.82 Å². The van der Waals surface area contributed by atoms with Gasteiger partial charge >= 0.3 is 5.97 Å². The number of rotatable bonds is 4. The monoisotopic (exact) mass is 473 g/mol. The molecule has 6 rings (SSSR count). The minimum Gasteiger partial charge on any atom is -0.477 e. The first-order valence-electron chi connectivity index (χ1n) is 11.6. The van der Waals surface area contributed by atoms with Crippen molar-refractivity contribution in [3.05, 3.63) is 74.7 Å². The number of nitrogens with zero attached hydrogens (tertiary/aromatic N) is 2. The van der Waals surface area contributed by atoms with Gasteiger partial charge in [0, 0.05) is 39.5 Å². The molecule has 4 aromatic rings. The van der Waals surface area contributed by atoms with E-state index in [1.807, 2.05) is 0 Å². The van der Waals surface area contributed by atoms with Gasteiger partial charge in [-0.1, -0.05) is 18.6 Å². The fourth-order valence-corrected chi connectivity index (χ4v) is 5.84. The second kappa shape index (κ2) is 7.43. The zero-order chi connectivity index (χ0) is 24.5. The zero-order valence-electron chi connectivity index (χ0n) is 19.1.